The zero-order valence-electron chi connectivity index (χ0n) is 13.0. The Balaban J connectivity index is 1.74. The number of morpholine rings is 1. The van der Waals surface area contributed by atoms with E-state index >= 15 is 0 Å². The van der Waals surface area contributed by atoms with Gasteiger partial charge in [0, 0.05) is 32.6 Å². The molecule has 0 spiro atoms. The van der Waals surface area contributed by atoms with Crippen LogP contribution in [0.4, 0.5) is 0 Å². The molecule has 0 aromatic heterocycles. The summed E-state index contributed by atoms with van der Waals surface area (Å²) in [6.45, 7) is 6.77. The van der Waals surface area contributed by atoms with Crippen LogP contribution in [0.3, 0.4) is 0 Å². The second-order valence-electron chi connectivity index (χ2n) is 5.91. The first-order valence-corrected chi connectivity index (χ1v) is 8.02. The van der Waals surface area contributed by atoms with E-state index in [4.69, 9.17) is 4.74 Å². The molecular formula is C15H27N3O3. The Hall–Kier alpha value is -1.14. The Labute approximate surface area is 126 Å². The maximum Gasteiger partial charge on any atom is 0.227 e. The molecule has 2 amide bonds. The van der Waals surface area contributed by atoms with Crippen molar-refractivity contribution in [2.75, 3.05) is 45.9 Å². The van der Waals surface area contributed by atoms with Gasteiger partial charge in [-0.25, -0.2) is 0 Å². The minimum atomic E-state index is -0.291. The normalized spacial score (nSPS) is 26.4. The molecule has 2 aliphatic rings. The van der Waals surface area contributed by atoms with Crippen LogP contribution in [-0.4, -0.2) is 62.7 Å². The molecule has 0 radical (unpaired) electrons. The monoisotopic (exact) mass is 297 g/mol. The SMILES string of the molecule is CCC1(C(=O)NCCC(=O)N2CCOCC2)CCCNC1. The van der Waals surface area contributed by atoms with Gasteiger partial charge in [0.05, 0.1) is 18.6 Å². The zero-order valence-corrected chi connectivity index (χ0v) is 13.0. The Kier molecular flexibility index (Phi) is 5.99. The van der Waals surface area contributed by atoms with Crippen molar-refractivity contribution in [1.29, 1.82) is 0 Å². The fraction of sp³-hybridized carbons (Fsp3) is 0.867. The molecular weight excluding hydrogens is 270 g/mol. The highest BCUT2D eigenvalue weighted by Gasteiger charge is 2.37. The van der Waals surface area contributed by atoms with Crippen molar-refractivity contribution in [2.45, 2.75) is 32.6 Å². The van der Waals surface area contributed by atoms with Crippen LogP contribution in [0.5, 0.6) is 0 Å². The minimum Gasteiger partial charge on any atom is -0.378 e. The number of hydrogen-bond donors (Lipinski definition) is 2. The molecule has 6 nitrogen and oxygen atoms in total. The van der Waals surface area contributed by atoms with Gasteiger partial charge in [-0.15, -0.1) is 0 Å². The number of carbonyl (C=O) groups is 2. The summed E-state index contributed by atoms with van der Waals surface area (Å²) in [6.07, 6.45) is 3.18. The third kappa shape index (κ3) is 4.17. The van der Waals surface area contributed by atoms with Crippen LogP contribution in [0, 0.1) is 5.41 Å². The summed E-state index contributed by atoms with van der Waals surface area (Å²) in [4.78, 5) is 26.2. The van der Waals surface area contributed by atoms with Crippen molar-refractivity contribution in [1.82, 2.24) is 15.5 Å². The topological polar surface area (TPSA) is 70.7 Å². The second-order valence-corrected chi connectivity index (χ2v) is 5.91. The third-order valence-corrected chi connectivity index (χ3v) is 4.62. The van der Waals surface area contributed by atoms with E-state index in [0.29, 0.717) is 39.3 Å². The lowest BCUT2D eigenvalue weighted by molar-refractivity contribution is -0.135. The van der Waals surface area contributed by atoms with Crippen LogP contribution in [0.1, 0.15) is 32.6 Å². The van der Waals surface area contributed by atoms with Gasteiger partial charge in [-0.05, 0) is 25.8 Å². The number of amides is 2. The van der Waals surface area contributed by atoms with Crippen LogP contribution < -0.4 is 10.6 Å². The molecule has 120 valence electrons. The molecule has 1 atom stereocenters. The Morgan fingerprint density at radius 1 is 1.33 bits per heavy atom. The number of nitrogens with one attached hydrogen (secondary N) is 2. The van der Waals surface area contributed by atoms with Gasteiger partial charge in [0.1, 0.15) is 0 Å². The second kappa shape index (κ2) is 7.75. The highest BCUT2D eigenvalue weighted by molar-refractivity contribution is 5.84. The average molecular weight is 297 g/mol. The Morgan fingerprint density at radius 3 is 2.71 bits per heavy atom. The predicted octanol–water partition coefficient (Wildman–Crippen LogP) is 0.131. The summed E-state index contributed by atoms with van der Waals surface area (Å²) in [6, 6.07) is 0. The van der Waals surface area contributed by atoms with Crippen LogP contribution >= 0.6 is 0 Å². The number of ether oxygens (including phenoxy) is 1. The first kappa shape index (κ1) is 16.2. The lowest BCUT2D eigenvalue weighted by atomic mass is 9.77. The van der Waals surface area contributed by atoms with Crippen molar-refractivity contribution in [3.8, 4) is 0 Å². The molecule has 2 N–H and O–H groups in total. The molecule has 2 saturated heterocycles. The Bertz CT molecular complexity index is 361. The van der Waals surface area contributed by atoms with E-state index < -0.39 is 0 Å². The molecule has 1 unspecified atom stereocenters. The van der Waals surface area contributed by atoms with Crippen molar-refractivity contribution < 1.29 is 14.3 Å². The first-order valence-electron chi connectivity index (χ1n) is 8.02. The van der Waals surface area contributed by atoms with E-state index in [1.807, 2.05) is 4.90 Å². The predicted molar refractivity (Wildman–Crippen MR) is 79.9 cm³/mol. The highest BCUT2D eigenvalue weighted by Crippen LogP contribution is 2.30. The quantitative estimate of drug-likeness (QED) is 0.757. The number of hydrogen-bond acceptors (Lipinski definition) is 4. The molecule has 6 heteroatoms. The molecule has 2 heterocycles. The molecule has 2 fully saturated rings. The maximum atomic E-state index is 12.4. The molecule has 0 aliphatic carbocycles. The number of carbonyl (C=O) groups excluding carboxylic acids is 2. The van der Waals surface area contributed by atoms with E-state index in [2.05, 4.69) is 17.6 Å². The number of rotatable bonds is 5. The summed E-state index contributed by atoms with van der Waals surface area (Å²) in [5.41, 5.74) is -0.291. The average Bonchev–Trinajstić information content (AvgIpc) is 2.56. The third-order valence-electron chi connectivity index (χ3n) is 4.62. The van der Waals surface area contributed by atoms with Gasteiger partial charge in [-0.2, -0.15) is 0 Å². The van der Waals surface area contributed by atoms with Gasteiger partial charge >= 0.3 is 0 Å². The van der Waals surface area contributed by atoms with Crippen molar-refractivity contribution >= 4 is 11.8 Å². The maximum absolute atomic E-state index is 12.4. The van der Waals surface area contributed by atoms with E-state index in [1.165, 1.54) is 0 Å². The van der Waals surface area contributed by atoms with Gasteiger partial charge in [0.2, 0.25) is 11.8 Å². The van der Waals surface area contributed by atoms with Crippen molar-refractivity contribution in [2.24, 2.45) is 5.41 Å². The lowest BCUT2D eigenvalue weighted by Gasteiger charge is -2.35. The van der Waals surface area contributed by atoms with E-state index in [9.17, 15) is 9.59 Å². The molecule has 2 rings (SSSR count). The van der Waals surface area contributed by atoms with Crippen LogP contribution in [0.25, 0.3) is 0 Å². The minimum absolute atomic E-state index is 0.0898. The van der Waals surface area contributed by atoms with Crippen molar-refractivity contribution in [3.63, 3.8) is 0 Å². The molecule has 2 aliphatic heterocycles. The van der Waals surface area contributed by atoms with Gasteiger partial charge in [0.15, 0.2) is 0 Å². The molecule has 0 aromatic rings. The van der Waals surface area contributed by atoms with E-state index in [-0.39, 0.29) is 17.2 Å². The zero-order chi connectivity index (χ0) is 15.1. The largest absolute Gasteiger partial charge is 0.378 e. The van der Waals surface area contributed by atoms with Crippen LogP contribution in [0.2, 0.25) is 0 Å². The Morgan fingerprint density at radius 2 is 2.10 bits per heavy atom. The molecule has 21 heavy (non-hydrogen) atoms. The lowest BCUT2D eigenvalue weighted by Crippen LogP contribution is -2.50. The van der Waals surface area contributed by atoms with Gasteiger partial charge < -0.3 is 20.3 Å². The molecule has 0 bridgehead atoms. The smallest absolute Gasteiger partial charge is 0.227 e. The van der Waals surface area contributed by atoms with Crippen LogP contribution in [-0.2, 0) is 14.3 Å². The number of piperidine rings is 1. The molecule has 0 saturated carbocycles. The standard InChI is InChI=1S/C15H27N3O3/c1-2-15(5-3-6-16-12-15)14(20)17-7-4-13(19)18-8-10-21-11-9-18/h16H,2-12H2,1H3,(H,17,20). The highest BCUT2D eigenvalue weighted by atomic mass is 16.5. The number of nitrogens with zero attached hydrogens (tertiary/aromatic N) is 1. The summed E-state index contributed by atoms with van der Waals surface area (Å²) in [5, 5.41) is 6.26. The van der Waals surface area contributed by atoms with Gasteiger partial charge in [-0.3, -0.25) is 9.59 Å². The summed E-state index contributed by atoms with van der Waals surface area (Å²) in [5.74, 6) is 0.192. The summed E-state index contributed by atoms with van der Waals surface area (Å²) >= 11 is 0. The fourth-order valence-corrected chi connectivity index (χ4v) is 3.07. The van der Waals surface area contributed by atoms with Gasteiger partial charge in [0.25, 0.3) is 0 Å². The van der Waals surface area contributed by atoms with Crippen molar-refractivity contribution in [3.05, 3.63) is 0 Å². The van der Waals surface area contributed by atoms with Gasteiger partial charge in [-0.1, -0.05) is 6.92 Å². The fourth-order valence-electron chi connectivity index (χ4n) is 3.07. The van der Waals surface area contributed by atoms with E-state index in [0.717, 1.165) is 32.4 Å². The van der Waals surface area contributed by atoms with E-state index in [1.54, 1.807) is 0 Å². The first-order chi connectivity index (χ1) is 10.2. The van der Waals surface area contributed by atoms with Crippen LogP contribution in [0.15, 0.2) is 0 Å². The summed E-state index contributed by atoms with van der Waals surface area (Å²) in [7, 11) is 0. The summed E-state index contributed by atoms with van der Waals surface area (Å²) < 4.78 is 5.23. The molecule has 0 aromatic carbocycles.